The van der Waals surface area contributed by atoms with Crippen LogP contribution in [-0.2, 0) is 57.0 Å². The number of aliphatic hydroxyl groups excluding tert-OH is 9. The highest BCUT2D eigenvalue weighted by Gasteiger charge is 2.52. The first-order valence-corrected chi connectivity index (χ1v) is 37.9. The Labute approximate surface area is 571 Å². The fourth-order valence-electron chi connectivity index (χ4n) is 12.3. The lowest BCUT2D eigenvalue weighted by Crippen LogP contribution is -2.65. The summed E-state index contributed by atoms with van der Waals surface area (Å²) in [4.78, 5) is 39.9. The molecule has 0 saturated carbocycles. The second-order valence-electron chi connectivity index (χ2n) is 27.0. The monoisotopic (exact) mass is 1360 g/mol. The first kappa shape index (κ1) is 86.5. The van der Waals surface area contributed by atoms with Gasteiger partial charge >= 0.3 is 17.9 Å². The van der Waals surface area contributed by atoms with Gasteiger partial charge < -0.3 is 88.6 Å². The summed E-state index contributed by atoms with van der Waals surface area (Å²) in [5.74, 6) is -1.61. The van der Waals surface area contributed by atoms with E-state index in [9.17, 15) is 60.3 Å². The van der Waals surface area contributed by atoms with E-state index >= 15 is 0 Å². The van der Waals surface area contributed by atoms with E-state index in [-0.39, 0.29) is 19.3 Å². The van der Waals surface area contributed by atoms with Gasteiger partial charge in [-0.05, 0) is 51.4 Å². The molecule has 0 amide bonds. The third-order valence-electron chi connectivity index (χ3n) is 18.5. The van der Waals surface area contributed by atoms with E-state index in [1.807, 2.05) is 0 Å². The van der Waals surface area contributed by atoms with Crippen molar-refractivity contribution >= 4 is 17.9 Å². The van der Waals surface area contributed by atoms with Crippen LogP contribution in [0.5, 0.6) is 0 Å². The van der Waals surface area contributed by atoms with Crippen molar-refractivity contribution in [2.45, 2.75) is 395 Å². The molecule has 0 aromatic carbocycles. The molecule has 0 aliphatic carbocycles. The Morgan fingerprint density at radius 3 is 1.20 bits per heavy atom. The maximum atomic E-state index is 13.6. The molecule has 0 aromatic rings. The van der Waals surface area contributed by atoms with Crippen molar-refractivity contribution in [1.29, 1.82) is 0 Å². The van der Waals surface area contributed by atoms with Crippen molar-refractivity contribution in [3.8, 4) is 0 Å². The maximum Gasteiger partial charge on any atom is 0.306 e. The minimum Gasteiger partial charge on any atom is -0.463 e. The number of ether oxygens (including phenoxy) is 9. The van der Waals surface area contributed by atoms with E-state index in [1.165, 1.54) is 148 Å². The van der Waals surface area contributed by atoms with Crippen molar-refractivity contribution < 1.29 is 103 Å². The van der Waals surface area contributed by atoms with Crippen LogP contribution in [0.4, 0.5) is 0 Å². The van der Waals surface area contributed by atoms with Gasteiger partial charge in [0.05, 0.1) is 19.8 Å². The van der Waals surface area contributed by atoms with Gasteiger partial charge in [-0.1, -0.05) is 251 Å². The molecule has 21 heteroatoms. The van der Waals surface area contributed by atoms with Crippen molar-refractivity contribution in [3.05, 3.63) is 24.3 Å². The van der Waals surface area contributed by atoms with Crippen LogP contribution < -0.4 is 0 Å². The Morgan fingerprint density at radius 2 is 0.726 bits per heavy atom. The van der Waals surface area contributed by atoms with Crippen LogP contribution in [0.15, 0.2) is 24.3 Å². The Kier molecular flexibility index (Phi) is 51.0. The van der Waals surface area contributed by atoms with Gasteiger partial charge in [-0.3, -0.25) is 14.4 Å². The highest BCUT2D eigenvalue weighted by molar-refractivity contribution is 5.70. The molecule has 16 atom stereocenters. The number of esters is 3. The van der Waals surface area contributed by atoms with E-state index in [1.54, 1.807) is 0 Å². The van der Waals surface area contributed by atoms with Crippen LogP contribution in [0.1, 0.15) is 297 Å². The first-order valence-electron chi connectivity index (χ1n) is 37.9. The lowest BCUT2D eigenvalue weighted by Gasteiger charge is -2.46. The third-order valence-corrected chi connectivity index (χ3v) is 18.5. The van der Waals surface area contributed by atoms with Gasteiger partial charge in [0.15, 0.2) is 25.0 Å². The number of unbranched alkanes of at least 4 members (excludes halogenated alkanes) is 35. The number of carbonyl (C=O) groups excluding carboxylic acids is 3. The van der Waals surface area contributed by atoms with Gasteiger partial charge in [-0.25, -0.2) is 0 Å². The Balaban J connectivity index is 1.69. The van der Waals surface area contributed by atoms with Gasteiger partial charge in [0.25, 0.3) is 0 Å². The van der Waals surface area contributed by atoms with Crippen LogP contribution in [0.2, 0.25) is 0 Å². The predicted molar refractivity (Wildman–Crippen MR) is 364 cm³/mol. The molecular formula is C74H134O21. The average molecular weight is 1360 g/mol. The minimum absolute atomic E-state index is 0.0867. The molecule has 6 unspecified atom stereocenters. The smallest absolute Gasteiger partial charge is 0.306 e. The summed E-state index contributed by atoms with van der Waals surface area (Å²) in [6.45, 7) is 3.81. The number of hydrogen-bond donors (Lipinski definition) is 9. The first-order chi connectivity index (χ1) is 46.2. The molecule has 0 bridgehead atoms. The second-order valence-corrected chi connectivity index (χ2v) is 27.0. The highest BCUT2D eigenvalue weighted by Crippen LogP contribution is 2.32. The van der Waals surface area contributed by atoms with E-state index in [4.69, 9.17) is 42.6 Å². The topological polar surface area (TPSA) is 316 Å². The molecule has 556 valence electrons. The highest BCUT2D eigenvalue weighted by atomic mass is 16.8. The molecule has 3 fully saturated rings. The van der Waals surface area contributed by atoms with Crippen LogP contribution in [0.25, 0.3) is 0 Å². The molecule has 3 rings (SSSR count). The zero-order chi connectivity index (χ0) is 69.1. The summed E-state index contributed by atoms with van der Waals surface area (Å²) < 4.78 is 52.6. The van der Waals surface area contributed by atoms with Crippen LogP contribution in [0, 0.1) is 0 Å². The van der Waals surface area contributed by atoms with Gasteiger partial charge in [-0.2, -0.15) is 0 Å². The van der Waals surface area contributed by atoms with E-state index in [0.717, 1.165) is 89.9 Å². The molecule has 0 spiro atoms. The lowest BCUT2D eigenvalue weighted by molar-refractivity contribution is -0.373. The van der Waals surface area contributed by atoms with Gasteiger partial charge in [-0.15, -0.1) is 0 Å². The largest absolute Gasteiger partial charge is 0.463 e. The van der Waals surface area contributed by atoms with E-state index in [2.05, 4.69) is 45.1 Å². The molecule has 3 heterocycles. The summed E-state index contributed by atoms with van der Waals surface area (Å²) in [7, 11) is 0. The maximum absolute atomic E-state index is 13.6. The zero-order valence-corrected chi connectivity index (χ0v) is 58.9. The zero-order valence-electron chi connectivity index (χ0n) is 58.9. The molecule has 95 heavy (non-hydrogen) atoms. The molecule has 0 radical (unpaired) electrons. The van der Waals surface area contributed by atoms with E-state index < -0.39 is 149 Å². The fourth-order valence-corrected chi connectivity index (χ4v) is 12.3. The fraction of sp³-hybridized carbons (Fsp3) is 0.905. The summed E-state index contributed by atoms with van der Waals surface area (Å²) in [5.41, 5.74) is 0. The number of hydrogen-bond acceptors (Lipinski definition) is 21. The number of aliphatic hydroxyl groups is 9. The van der Waals surface area contributed by atoms with Gasteiger partial charge in [0.1, 0.15) is 86.5 Å². The SMILES string of the molecule is CCCCCC/C=C\C/C=C\CCCCCCC(=O)OC[C@H](CO[C@H]1OC(COC(=O)CCCCCCCCCCCCCCCC)[C@@H](O)[C@H](O)C1O[C@@H]1OC(CO[C@H]2OC(CO)C(O)[C@H](O)[C@H]2O)[C@H](O)C(O)[C@H]1O)OC(=O)CCCCCCCCCCCCCCCCC. The normalized spacial score (nSPS) is 26.8. The molecule has 21 nitrogen and oxygen atoms in total. The molecule has 0 aromatic heterocycles. The number of carbonyl (C=O) groups is 3. The Bertz CT molecular complexity index is 1930. The average Bonchev–Trinajstić information content (AvgIpc) is 0.796. The molecule has 9 N–H and O–H groups in total. The summed E-state index contributed by atoms with van der Waals surface area (Å²) in [6, 6.07) is 0. The van der Waals surface area contributed by atoms with Crippen molar-refractivity contribution in [2.24, 2.45) is 0 Å². The van der Waals surface area contributed by atoms with Gasteiger partial charge in [0, 0.05) is 19.3 Å². The lowest BCUT2D eigenvalue weighted by atomic mass is 9.97. The van der Waals surface area contributed by atoms with Crippen LogP contribution in [-0.4, -0.2) is 195 Å². The van der Waals surface area contributed by atoms with Crippen LogP contribution >= 0.6 is 0 Å². The standard InChI is InChI=1S/C74H134O21/c1-4-7-10-13-16-19-22-25-28-31-34-36-39-42-45-48-60(76)87-52-56(91-62(78)50-47-44-41-38-35-32-29-26-23-20-17-14-11-8-5-2)53-89-74-71(95-73-70(86)67(83)64(80)59(93-73)55-90-72-69(85)66(82)63(79)57(51-75)92-72)68(84)65(81)58(94-74)54-88-61(77)49-46-43-40-37-33-30-27-24-21-18-15-12-9-6-3/h19,22,28,31,56-59,63-75,79-86H,4-18,20-21,23-27,29-30,32-55H2,1-3H3/b22-19-,31-28-/t56-,57?,58?,59?,63?,64+,65-,66+,67?,68+,69-,70-,71?,72+,73+,74+/m1/s1. The molecular weight excluding hydrogens is 1220 g/mol. The second kappa shape index (κ2) is 56.0. The molecule has 3 aliphatic rings. The molecule has 3 saturated heterocycles. The third kappa shape index (κ3) is 38.6. The summed E-state index contributed by atoms with van der Waals surface area (Å²) >= 11 is 0. The van der Waals surface area contributed by atoms with Crippen LogP contribution in [0.3, 0.4) is 0 Å². The van der Waals surface area contributed by atoms with Crippen molar-refractivity contribution in [3.63, 3.8) is 0 Å². The number of rotatable bonds is 59. The Morgan fingerprint density at radius 1 is 0.358 bits per heavy atom. The van der Waals surface area contributed by atoms with Gasteiger partial charge in [0.2, 0.25) is 0 Å². The van der Waals surface area contributed by atoms with Crippen molar-refractivity contribution in [2.75, 3.05) is 33.0 Å². The number of allylic oxidation sites excluding steroid dienone is 4. The summed E-state index contributed by atoms with van der Waals surface area (Å²) in [5, 5.41) is 97.6. The van der Waals surface area contributed by atoms with E-state index in [0.29, 0.717) is 19.3 Å². The summed E-state index contributed by atoms with van der Waals surface area (Å²) in [6.07, 6.45) is 26.5. The quantitative estimate of drug-likeness (QED) is 0.0118. The van der Waals surface area contributed by atoms with Crippen molar-refractivity contribution in [1.82, 2.24) is 0 Å². The molecule has 3 aliphatic heterocycles. The minimum atomic E-state index is -2.01. The Hall–Kier alpha value is -2.71. The predicted octanol–water partition coefficient (Wildman–Crippen LogP) is 11.4.